The summed E-state index contributed by atoms with van der Waals surface area (Å²) in [5.74, 6) is -1.12. The lowest BCUT2D eigenvalue weighted by Crippen LogP contribution is -2.53. The summed E-state index contributed by atoms with van der Waals surface area (Å²) in [5, 5.41) is 9.10. The fraction of sp³-hybridized carbons (Fsp3) is 0.375. The molecule has 5 heterocycles. The highest BCUT2D eigenvalue weighted by atomic mass is 32.1. The molecule has 3 aromatic rings. The van der Waals surface area contributed by atoms with Crippen LogP contribution in [0, 0.1) is 5.92 Å². The van der Waals surface area contributed by atoms with Crippen molar-refractivity contribution in [3.8, 4) is 5.82 Å². The first-order valence-corrected chi connectivity index (χ1v) is 12.0. The van der Waals surface area contributed by atoms with Crippen molar-refractivity contribution in [1.82, 2.24) is 14.5 Å². The Balaban J connectivity index is 0.000000364. The zero-order chi connectivity index (χ0) is 25.4. The first-order chi connectivity index (χ1) is 16.5. The Morgan fingerprint density at radius 1 is 1.20 bits per heavy atom. The molecule has 0 bridgehead atoms. The normalized spacial score (nSPS) is 18.8. The number of hydrogen-bond donors (Lipinski definition) is 1. The van der Waals surface area contributed by atoms with Crippen LogP contribution in [0.4, 0.5) is 18.9 Å². The summed E-state index contributed by atoms with van der Waals surface area (Å²) in [6.07, 6.45) is -0.204. The number of carboxylic acids is 1. The fourth-order valence-corrected chi connectivity index (χ4v) is 5.38. The van der Waals surface area contributed by atoms with E-state index < -0.39 is 12.1 Å². The molecule has 11 heteroatoms. The summed E-state index contributed by atoms with van der Waals surface area (Å²) in [6, 6.07) is 12.3. The maximum absolute atomic E-state index is 13.1. The number of carboxylic acid groups (broad SMARTS) is 1. The quantitative estimate of drug-likeness (QED) is 0.553. The molecule has 35 heavy (non-hydrogen) atoms. The van der Waals surface area contributed by atoms with Gasteiger partial charge in [0.2, 0.25) is 0 Å². The van der Waals surface area contributed by atoms with Gasteiger partial charge < -0.3 is 19.5 Å². The van der Waals surface area contributed by atoms with E-state index in [4.69, 9.17) is 9.90 Å². The van der Waals surface area contributed by atoms with Gasteiger partial charge in [-0.15, -0.1) is 11.3 Å². The van der Waals surface area contributed by atoms with Crippen molar-refractivity contribution in [2.24, 2.45) is 5.92 Å². The van der Waals surface area contributed by atoms with Crippen molar-refractivity contribution >= 4 is 28.9 Å². The number of anilines is 1. The summed E-state index contributed by atoms with van der Waals surface area (Å²) in [7, 11) is 0. The molecule has 2 aliphatic rings. The van der Waals surface area contributed by atoms with Crippen LogP contribution in [0.3, 0.4) is 0 Å². The van der Waals surface area contributed by atoms with Crippen LogP contribution >= 0.6 is 11.3 Å². The van der Waals surface area contributed by atoms with Crippen molar-refractivity contribution in [1.29, 1.82) is 0 Å². The monoisotopic (exact) mass is 506 g/mol. The fourth-order valence-electron chi connectivity index (χ4n) is 4.69. The van der Waals surface area contributed by atoms with Crippen LogP contribution in [0.25, 0.3) is 5.82 Å². The Bertz CT molecular complexity index is 1210. The van der Waals surface area contributed by atoms with Gasteiger partial charge in [0.15, 0.2) is 5.82 Å². The molecule has 1 fully saturated rings. The van der Waals surface area contributed by atoms with Gasteiger partial charge in [0, 0.05) is 32.0 Å². The number of likely N-dealkylation sites (tertiary alicyclic amines) is 1. The van der Waals surface area contributed by atoms with Gasteiger partial charge in [-0.2, -0.15) is 13.2 Å². The third-order valence-corrected chi connectivity index (χ3v) is 6.94. The highest BCUT2D eigenvalue weighted by Crippen LogP contribution is 2.47. The van der Waals surface area contributed by atoms with Crippen molar-refractivity contribution in [2.45, 2.75) is 32.0 Å². The molecule has 186 valence electrons. The number of carbonyl (C=O) groups excluding carboxylic acids is 1. The van der Waals surface area contributed by atoms with E-state index in [9.17, 15) is 18.0 Å². The Morgan fingerprint density at radius 2 is 1.94 bits per heavy atom. The molecule has 0 radical (unpaired) electrons. The molecule has 0 aliphatic carbocycles. The van der Waals surface area contributed by atoms with Crippen LogP contribution in [0.2, 0.25) is 0 Å². The average molecular weight is 507 g/mol. The lowest BCUT2D eigenvalue weighted by molar-refractivity contribution is -0.192. The molecule has 2 aliphatic heterocycles. The molecule has 0 aromatic carbocycles. The maximum atomic E-state index is 13.1. The van der Waals surface area contributed by atoms with E-state index in [-0.39, 0.29) is 11.4 Å². The zero-order valence-corrected chi connectivity index (χ0v) is 20.0. The SMILES string of the molecule is CC(C)CN1c2cccnc2-n2cccc2C12CCN(C(=O)c1cccs1)C2.O=C(O)C(F)(F)F. The van der Waals surface area contributed by atoms with Crippen LogP contribution < -0.4 is 4.90 Å². The number of amides is 1. The summed E-state index contributed by atoms with van der Waals surface area (Å²) < 4.78 is 33.9. The third-order valence-electron chi connectivity index (χ3n) is 6.08. The molecular formula is C24H25F3N4O3S. The Hall–Kier alpha value is -3.34. The van der Waals surface area contributed by atoms with Gasteiger partial charge in [-0.25, -0.2) is 9.78 Å². The van der Waals surface area contributed by atoms with Crippen LogP contribution in [-0.2, 0) is 10.3 Å². The Labute approximate surface area is 204 Å². The minimum Gasteiger partial charge on any atom is -0.475 e. The predicted octanol–water partition coefficient (Wildman–Crippen LogP) is 4.78. The standard InChI is InChI=1S/C22H24N4OS.C2HF3O2/c1-16(2)14-26-17-6-3-10-23-20(17)25-11-4-8-19(25)22(26)9-12-24(15-22)21(27)18-7-5-13-28-18;3-2(4,5)1(6)7/h3-8,10-11,13,16H,9,12,14-15H2,1-2H3;(H,6,7). The third kappa shape index (κ3) is 4.64. The molecule has 1 unspecified atom stereocenters. The number of hydrogen-bond acceptors (Lipinski definition) is 5. The highest BCUT2D eigenvalue weighted by Gasteiger charge is 2.51. The van der Waals surface area contributed by atoms with Gasteiger partial charge in [0.05, 0.1) is 16.3 Å². The van der Waals surface area contributed by atoms with E-state index in [0.717, 1.165) is 35.9 Å². The highest BCUT2D eigenvalue weighted by molar-refractivity contribution is 7.12. The number of fused-ring (bicyclic) bond motifs is 4. The van der Waals surface area contributed by atoms with Crippen LogP contribution in [0.15, 0.2) is 54.2 Å². The molecule has 3 aromatic heterocycles. The lowest BCUT2D eigenvalue weighted by Gasteiger charge is -2.47. The number of rotatable bonds is 3. The second-order valence-corrected chi connectivity index (χ2v) is 9.85. The number of aromatic nitrogens is 2. The summed E-state index contributed by atoms with van der Waals surface area (Å²) in [4.78, 5) is 32.0. The van der Waals surface area contributed by atoms with E-state index in [1.165, 1.54) is 17.0 Å². The van der Waals surface area contributed by atoms with E-state index in [1.807, 2.05) is 34.7 Å². The van der Waals surface area contributed by atoms with Crippen molar-refractivity contribution in [3.63, 3.8) is 0 Å². The first-order valence-electron chi connectivity index (χ1n) is 11.1. The topological polar surface area (TPSA) is 78.7 Å². The number of halogens is 3. The van der Waals surface area contributed by atoms with Gasteiger partial charge in [0.25, 0.3) is 5.91 Å². The van der Waals surface area contributed by atoms with Crippen molar-refractivity contribution in [2.75, 3.05) is 24.5 Å². The lowest BCUT2D eigenvalue weighted by atomic mass is 9.88. The van der Waals surface area contributed by atoms with E-state index in [2.05, 4.69) is 52.7 Å². The predicted molar refractivity (Wildman–Crippen MR) is 126 cm³/mol. The van der Waals surface area contributed by atoms with Gasteiger partial charge in [-0.1, -0.05) is 19.9 Å². The van der Waals surface area contributed by atoms with Gasteiger partial charge in [0.1, 0.15) is 5.54 Å². The summed E-state index contributed by atoms with van der Waals surface area (Å²) in [6.45, 7) is 6.91. The van der Waals surface area contributed by atoms with Crippen molar-refractivity contribution in [3.05, 3.63) is 64.7 Å². The molecule has 1 amide bonds. The molecule has 1 atom stereocenters. The van der Waals surface area contributed by atoms with Gasteiger partial charge in [-0.05, 0) is 48.1 Å². The van der Waals surface area contributed by atoms with Gasteiger partial charge in [-0.3, -0.25) is 4.79 Å². The Morgan fingerprint density at radius 3 is 2.57 bits per heavy atom. The molecule has 7 nitrogen and oxygen atoms in total. The second-order valence-electron chi connectivity index (χ2n) is 8.90. The van der Waals surface area contributed by atoms with E-state index in [1.54, 1.807) is 0 Å². The number of pyridine rings is 1. The van der Waals surface area contributed by atoms with Gasteiger partial charge >= 0.3 is 12.1 Å². The van der Waals surface area contributed by atoms with Crippen LogP contribution in [-0.4, -0.2) is 57.2 Å². The minimum atomic E-state index is -5.08. The molecule has 5 rings (SSSR count). The number of aliphatic carboxylic acids is 1. The first kappa shape index (κ1) is 24.8. The molecular weight excluding hydrogens is 481 g/mol. The van der Waals surface area contributed by atoms with Crippen LogP contribution in [0.1, 0.15) is 35.6 Å². The number of thiophene rings is 1. The minimum absolute atomic E-state index is 0.145. The molecule has 1 saturated heterocycles. The summed E-state index contributed by atoms with van der Waals surface area (Å²) >= 11 is 1.52. The zero-order valence-electron chi connectivity index (χ0n) is 19.2. The van der Waals surface area contributed by atoms with E-state index >= 15 is 0 Å². The number of carbonyl (C=O) groups is 2. The maximum Gasteiger partial charge on any atom is 0.490 e. The summed E-state index contributed by atoms with van der Waals surface area (Å²) in [5.41, 5.74) is 2.18. The van der Waals surface area contributed by atoms with E-state index in [0.29, 0.717) is 12.5 Å². The second kappa shape index (κ2) is 9.37. The Kier molecular flexibility index (Phi) is 6.63. The van der Waals surface area contributed by atoms with Crippen LogP contribution in [0.5, 0.6) is 0 Å². The molecule has 0 saturated carbocycles. The molecule has 1 N–H and O–H groups in total. The molecule has 1 spiro atoms. The van der Waals surface area contributed by atoms with Crippen molar-refractivity contribution < 1.29 is 27.9 Å². The number of nitrogens with zero attached hydrogens (tertiary/aromatic N) is 4. The largest absolute Gasteiger partial charge is 0.490 e. The smallest absolute Gasteiger partial charge is 0.475 e. The average Bonchev–Trinajstić information content (AvgIpc) is 3.57. The number of alkyl halides is 3.